The number of carbonyl (C=O) groups excluding carboxylic acids is 1. The molecule has 12 heavy (non-hydrogen) atoms. The number of primary amides is 1. The molecule has 6 unspecified atom stereocenters. The number of hydrogen-bond acceptors (Lipinski definition) is 3. The lowest BCUT2D eigenvalue weighted by molar-refractivity contribution is -0.119. The fraction of sp³-hybridized carbons (Fsp3) is 0.875. The molecule has 6 atom stereocenters. The highest BCUT2D eigenvalue weighted by Crippen LogP contribution is 2.67. The molecular formula is C8H9NO3. The third kappa shape index (κ3) is 0.473. The smallest absolute Gasteiger partial charge is 0.221 e. The molecule has 0 aromatic carbocycles. The van der Waals surface area contributed by atoms with Crippen molar-refractivity contribution in [3.05, 3.63) is 0 Å². The van der Waals surface area contributed by atoms with E-state index in [0.717, 1.165) is 0 Å². The first-order chi connectivity index (χ1) is 5.79. The Morgan fingerprint density at radius 3 is 1.92 bits per heavy atom. The highest BCUT2D eigenvalue weighted by molar-refractivity contribution is 5.81. The van der Waals surface area contributed by atoms with Crippen LogP contribution in [-0.4, -0.2) is 30.3 Å². The van der Waals surface area contributed by atoms with Crippen LogP contribution in [-0.2, 0) is 14.3 Å². The Hall–Kier alpha value is -0.610. The molecule has 0 aromatic rings. The lowest BCUT2D eigenvalue weighted by atomic mass is 10.0. The SMILES string of the molecule is NC(=O)C1C2C3OC3C3OC3C12. The van der Waals surface area contributed by atoms with Crippen LogP contribution in [0.4, 0.5) is 0 Å². The van der Waals surface area contributed by atoms with Gasteiger partial charge in [0.15, 0.2) is 0 Å². The normalized spacial score (nSPS) is 68.8. The molecule has 0 spiro atoms. The molecule has 2 heterocycles. The molecule has 4 aliphatic rings. The second-order valence-corrected chi connectivity index (χ2v) is 4.21. The predicted octanol–water partition coefficient (Wildman–Crippen LogP) is -1.12. The Morgan fingerprint density at radius 1 is 1.00 bits per heavy atom. The van der Waals surface area contributed by atoms with Crippen molar-refractivity contribution in [3.63, 3.8) is 0 Å². The van der Waals surface area contributed by atoms with Crippen molar-refractivity contribution in [1.29, 1.82) is 0 Å². The number of fused-ring (bicyclic) bond motifs is 6. The molecule has 4 rings (SSSR count). The summed E-state index contributed by atoms with van der Waals surface area (Å²) in [6.07, 6.45) is 1.22. The highest BCUT2D eigenvalue weighted by Gasteiger charge is 2.80. The van der Waals surface area contributed by atoms with Gasteiger partial charge in [-0.3, -0.25) is 4.79 Å². The van der Waals surface area contributed by atoms with Crippen LogP contribution in [0, 0.1) is 17.8 Å². The molecule has 2 aliphatic heterocycles. The van der Waals surface area contributed by atoms with E-state index in [4.69, 9.17) is 15.2 Å². The van der Waals surface area contributed by atoms with Crippen LogP contribution in [0.3, 0.4) is 0 Å². The van der Waals surface area contributed by atoms with Gasteiger partial charge >= 0.3 is 0 Å². The number of nitrogens with two attached hydrogens (primary N) is 1. The largest absolute Gasteiger partial charge is 0.369 e. The molecule has 4 nitrogen and oxygen atoms in total. The summed E-state index contributed by atoms with van der Waals surface area (Å²) in [7, 11) is 0. The predicted molar refractivity (Wildman–Crippen MR) is 37.0 cm³/mol. The van der Waals surface area contributed by atoms with E-state index in [1.807, 2.05) is 0 Å². The summed E-state index contributed by atoms with van der Waals surface area (Å²) in [6.45, 7) is 0. The first-order valence-electron chi connectivity index (χ1n) is 4.39. The van der Waals surface area contributed by atoms with E-state index in [1.54, 1.807) is 0 Å². The summed E-state index contributed by atoms with van der Waals surface area (Å²) in [5.41, 5.74) is 5.27. The molecule has 0 bridgehead atoms. The minimum Gasteiger partial charge on any atom is -0.369 e. The van der Waals surface area contributed by atoms with E-state index in [9.17, 15) is 4.79 Å². The quantitative estimate of drug-likeness (QED) is 0.503. The van der Waals surface area contributed by atoms with Crippen molar-refractivity contribution in [3.8, 4) is 0 Å². The van der Waals surface area contributed by atoms with Gasteiger partial charge in [-0.25, -0.2) is 0 Å². The van der Waals surface area contributed by atoms with Gasteiger partial charge in [0.2, 0.25) is 5.91 Å². The monoisotopic (exact) mass is 167 g/mol. The molecule has 0 aromatic heterocycles. The molecule has 1 amide bonds. The van der Waals surface area contributed by atoms with Gasteiger partial charge in [0.05, 0.1) is 12.2 Å². The van der Waals surface area contributed by atoms with Crippen LogP contribution in [0.15, 0.2) is 0 Å². The molecule has 4 heteroatoms. The van der Waals surface area contributed by atoms with Gasteiger partial charge in [0.25, 0.3) is 0 Å². The molecule has 2 aliphatic carbocycles. The maximum absolute atomic E-state index is 11.0. The van der Waals surface area contributed by atoms with Gasteiger partial charge in [-0.1, -0.05) is 0 Å². The Kier molecular flexibility index (Phi) is 0.703. The Bertz CT molecular complexity index is 270. The molecular weight excluding hydrogens is 158 g/mol. The molecule has 64 valence electrons. The average molecular weight is 167 g/mol. The van der Waals surface area contributed by atoms with Crippen molar-refractivity contribution >= 4 is 5.91 Å². The Morgan fingerprint density at radius 2 is 1.50 bits per heavy atom. The second-order valence-electron chi connectivity index (χ2n) is 4.21. The van der Waals surface area contributed by atoms with Gasteiger partial charge in [0.1, 0.15) is 12.2 Å². The third-order valence-corrected chi connectivity index (χ3v) is 3.67. The topological polar surface area (TPSA) is 68.2 Å². The fourth-order valence-corrected chi connectivity index (χ4v) is 3.01. The fourth-order valence-electron chi connectivity index (χ4n) is 3.01. The molecule has 0 radical (unpaired) electrons. The number of rotatable bonds is 1. The molecule has 2 saturated heterocycles. The summed E-state index contributed by atoms with van der Waals surface area (Å²) < 4.78 is 10.9. The second kappa shape index (κ2) is 1.42. The van der Waals surface area contributed by atoms with Crippen molar-refractivity contribution in [2.24, 2.45) is 23.5 Å². The van der Waals surface area contributed by atoms with Crippen LogP contribution < -0.4 is 5.73 Å². The Balaban J connectivity index is 1.70. The molecule has 4 fully saturated rings. The summed E-state index contributed by atoms with van der Waals surface area (Å²) in [4.78, 5) is 11.0. The zero-order chi connectivity index (χ0) is 8.03. The van der Waals surface area contributed by atoms with Gasteiger partial charge in [-0.2, -0.15) is 0 Å². The average Bonchev–Trinajstić information content (AvgIpc) is 2.86. The maximum atomic E-state index is 11.0. The van der Waals surface area contributed by atoms with Gasteiger partial charge < -0.3 is 15.2 Å². The molecule has 2 N–H and O–H groups in total. The van der Waals surface area contributed by atoms with E-state index in [2.05, 4.69) is 0 Å². The summed E-state index contributed by atoms with van der Waals surface area (Å²) in [6, 6.07) is 0. The van der Waals surface area contributed by atoms with E-state index < -0.39 is 0 Å². The lowest BCUT2D eigenvalue weighted by Crippen LogP contribution is -2.16. The van der Waals surface area contributed by atoms with Gasteiger partial charge in [-0.15, -0.1) is 0 Å². The minimum atomic E-state index is -0.171. The number of ether oxygens (including phenoxy) is 2. The highest BCUT2D eigenvalue weighted by atomic mass is 16.7. The van der Waals surface area contributed by atoms with Crippen molar-refractivity contribution in [2.75, 3.05) is 0 Å². The zero-order valence-corrected chi connectivity index (χ0v) is 6.34. The van der Waals surface area contributed by atoms with Crippen LogP contribution in [0.5, 0.6) is 0 Å². The van der Waals surface area contributed by atoms with E-state index in [-0.39, 0.29) is 11.8 Å². The third-order valence-electron chi connectivity index (χ3n) is 3.67. The first-order valence-corrected chi connectivity index (χ1v) is 4.39. The summed E-state index contributed by atoms with van der Waals surface area (Å²) in [5.74, 6) is 0.681. The number of amides is 1. The number of epoxide rings is 2. The van der Waals surface area contributed by atoms with E-state index in [0.29, 0.717) is 36.3 Å². The minimum absolute atomic E-state index is 0.0532. The van der Waals surface area contributed by atoms with Crippen molar-refractivity contribution in [2.45, 2.75) is 24.4 Å². The standard InChI is InChI=1S/C8H9NO3/c9-8(10)3-1-2(3)5-7(12-5)6-4(1)11-6/h1-7H,(H2,9,10). The van der Waals surface area contributed by atoms with Crippen LogP contribution in [0.25, 0.3) is 0 Å². The van der Waals surface area contributed by atoms with Gasteiger partial charge in [0, 0.05) is 17.8 Å². The van der Waals surface area contributed by atoms with E-state index >= 15 is 0 Å². The maximum Gasteiger partial charge on any atom is 0.221 e. The van der Waals surface area contributed by atoms with Crippen LogP contribution >= 0.6 is 0 Å². The summed E-state index contributed by atoms with van der Waals surface area (Å²) in [5, 5.41) is 0. The zero-order valence-electron chi connectivity index (χ0n) is 6.34. The van der Waals surface area contributed by atoms with Crippen molar-refractivity contribution < 1.29 is 14.3 Å². The summed E-state index contributed by atoms with van der Waals surface area (Å²) >= 11 is 0. The Labute approximate surface area is 69.0 Å². The van der Waals surface area contributed by atoms with Crippen molar-refractivity contribution in [1.82, 2.24) is 0 Å². The first kappa shape index (κ1) is 5.94. The van der Waals surface area contributed by atoms with Gasteiger partial charge in [-0.05, 0) is 0 Å². The van der Waals surface area contributed by atoms with Crippen LogP contribution in [0.2, 0.25) is 0 Å². The number of hydrogen-bond donors (Lipinski definition) is 1. The number of carbonyl (C=O) groups is 1. The van der Waals surface area contributed by atoms with E-state index in [1.165, 1.54) is 0 Å². The van der Waals surface area contributed by atoms with Crippen LogP contribution in [0.1, 0.15) is 0 Å². The lowest BCUT2D eigenvalue weighted by Gasteiger charge is -1.93. The molecule has 2 saturated carbocycles.